The Labute approximate surface area is 107 Å². The van der Waals surface area contributed by atoms with Gasteiger partial charge in [-0.15, -0.1) is 0 Å². The Balaban J connectivity index is 2.34. The molecule has 1 aliphatic rings. The second-order valence-electron chi connectivity index (χ2n) is 5.04. The molecular formula is C12H20N4O2. The fraction of sp³-hybridized carbons (Fsp3) is 0.750. The minimum absolute atomic E-state index is 0.144. The highest BCUT2D eigenvalue weighted by Crippen LogP contribution is 2.34. The number of nitrogens with zero attached hydrogens (tertiary/aromatic N) is 4. The minimum atomic E-state index is -0.322. The SMILES string of the molecule is Cc1nn(C)c(N(C)C2CCCCC2)c1[N+](=O)[O-]. The highest BCUT2D eigenvalue weighted by molar-refractivity contribution is 5.61. The van der Waals surface area contributed by atoms with E-state index in [2.05, 4.69) is 5.10 Å². The van der Waals surface area contributed by atoms with E-state index in [9.17, 15) is 10.1 Å². The number of hydrogen-bond donors (Lipinski definition) is 0. The van der Waals surface area contributed by atoms with E-state index in [0.717, 1.165) is 12.8 Å². The predicted molar refractivity (Wildman–Crippen MR) is 69.9 cm³/mol. The number of aryl methyl sites for hydroxylation is 2. The third-order valence-corrected chi connectivity index (χ3v) is 3.80. The third kappa shape index (κ3) is 2.19. The molecule has 0 atom stereocenters. The number of hydrogen-bond acceptors (Lipinski definition) is 4. The summed E-state index contributed by atoms with van der Waals surface area (Å²) < 4.78 is 1.63. The topological polar surface area (TPSA) is 64.2 Å². The van der Waals surface area contributed by atoms with Crippen LogP contribution in [0.15, 0.2) is 0 Å². The van der Waals surface area contributed by atoms with Crippen LogP contribution < -0.4 is 4.90 Å². The van der Waals surface area contributed by atoms with Gasteiger partial charge in [-0.05, 0) is 19.8 Å². The second kappa shape index (κ2) is 4.96. The van der Waals surface area contributed by atoms with E-state index >= 15 is 0 Å². The van der Waals surface area contributed by atoms with E-state index in [0.29, 0.717) is 17.6 Å². The van der Waals surface area contributed by atoms with Gasteiger partial charge in [0, 0.05) is 20.1 Å². The van der Waals surface area contributed by atoms with Crippen LogP contribution in [0, 0.1) is 17.0 Å². The molecule has 0 radical (unpaired) electrons. The molecule has 0 saturated heterocycles. The van der Waals surface area contributed by atoms with E-state index < -0.39 is 0 Å². The van der Waals surface area contributed by atoms with Crippen molar-refractivity contribution in [1.29, 1.82) is 0 Å². The lowest BCUT2D eigenvalue weighted by Gasteiger charge is -2.31. The van der Waals surface area contributed by atoms with E-state index in [1.54, 1.807) is 18.7 Å². The first kappa shape index (κ1) is 12.9. The zero-order valence-electron chi connectivity index (χ0n) is 11.2. The first-order chi connectivity index (χ1) is 8.52. The first-order valence-electron chi connectivity index (χ1n) is 6.43. The van der Waals surface area contributed by atoms with Gasteiger partial charge in [-0.3, -0.25) is 10.1 Å². The smallest absolute Gasteiger partial charge is 0.333 e. The van der Waals surface area contributed by atoms with E-state index in [4.69, 9.17) is 0 Å². The average Bonchev–Trinajstić information content (AvgIpc) is 2.64. The van der Waals surface area contributed by atoms with Gasteiger partial charge in [-0.1, -0.05) is 19.3 Å². The summed E-state index contributed by atoms with van der Waals surface area (Å²) in [4.78, 5) is 12.9. The predicted octanol–water partition coefficient (Wildman–Crippen LogP) is 2.41. The van der Waals surface area contributed by atoms with Crippen molar-refractivity contribution in [3.8, 4) is 0 Å². The van der Waals surface area contributed by atoms with Crippen molar-refractivity contribution < 1.29 is 4.92 Å². The van der Waals surface area contributed by atoms with E-state index in [-0.39, 0.29) is 10.6 Å². The Kier molecular flexibility index (Phi) is 3.54. The number of rotatable bonds is 3. The molecule has 0 aliphatic heterocycles. The van der Waals surface area contributed by atoms with Crippen molar-refractivity contribution in [2.75, 3.05) is 11.9 Å². The monoisotopic (exact) mass is 252 g/mol. The molecule has 6 heteroatoms. The summed E-state index contributed by atoms with van der Waals surface area (Å²) in [6, 6.07) is 0.396. The summed E-state index contributed by atoms with van der Waals surface area (Å²) in [6.07, 6.45) is 5.91. The highest BCUT2D eigenvalue weighted by atomic mass is 16.6. The van der Waals surface area contributed by atoms with Gasteiger partial charge in [-0.2, -0.15) is 5.10 Å². The van der Waals surface area contributed by atoms with Gasteiger partial charge in [0.25, 0.3) is 0 Å². The molecule has 100 valence electrons. The van der Waals surface area contributed by atoms with Crippen molar-refractivity contribution in [3.05, 3.63) is 15.8 Å². The van der Waals surface area contributed by atoms with Crippen LogP contribution in [0.3, 0.4) is 0 Å². The molecule has 0 aromatic carbocycles. The molecule has 0 bridgehead atoms. The fourth-order valence-electron chi connectivity index (χ4n) is 2.89. The van der Waals surface area contributed by atoms with Crippen LogP contribution in [0.5, 0.6) is 0 Å². The second-order valence-corrected chi connectivity index (χ2v) is 5.04. The summed E-state index contributed by atoms with van der Waals surface area (Å²) in [5.74, 6) is 0.629. The Bertz CT molecular complexity index is 449. The highest BCUT2D eigenvalue weighted by Gasteiger charge is 2.30. The minimum Gasteiger partial charge on any atom is -0.351 e. The number of nitro groups is 1. The van der Waals surface area contributed by atoms with Crippen molar-refractivity contribution >= 4 is 11.5 Å². The number of anilines is 1. The Morgan fingerprint density at radius 1 is 1.39 bits per heavy atom. The summed E-state index contributed by atoms with van der Waals surface area (Å²) >= 11 is 0. The van der Waals surface area contributed by atoms with Crippen LogP contribution in [-0.2, 0) is 7.05 Å². The molecule has 0 unspecified atom stereocenters. The maximum atomic E-state index is 11.2. The zero-order valence-corrected chi connectivity index (χ0v) is 11.2. The Morgan fingerprint density at radius 2 is 2.00 bits per heavy atom. The van der Waals surface area contributed by atoms with Gasteiger partial charge in [0.1, 0.15) is 5.69 Å². The lowest BCUT2D eigenvalue weighted by atomic mass is 9.94. The van der Waals surface area contributed by atoms with E-state index in [1.165, 1.54) is 19.3 Å². The van der Waals surface area contributed by atoms with Crippen molar-refractivity contribution in [2.24, 2.45) is 7.05 Å². The normalized spacial score (nSPS) is 16.8. The van der Waals surface area contributed by atoms with E-state index in [1.807, 2.05) is 11.9 Å². The summed E-state index contributed by atoms with van der Waals surface area (Å²) in [7, 11) is 3.72. The maximum absolute atomic E-state index is 11.2. The molecule has 1 fully saturated rings. The standard InChI is InChI=1S/C12H20N4O2/c1-9-11(16(17)18)12(15(3)13-9)14(2)10-7-5-4-6-8-10/h10H,4-8H2,1-3H3. The molecule has 0 amide bonds. The maximum Gasteiger partial charge on any atom is 0.333 e. The molecule has 1 aromatic rings. The van der Waals surface area contributed by atoms with Gasteiger partial charge < -0.3 is 4.90 Å². The van der Waals surface area contributed by atoms with Crippen LogP contribution in [0.25, 0.3) is 0 Å². The molecule has 2 rings (SSSR count). The summed E-state index contributed by atoms with van der Waals surface area (Å²) in [6.45, 7) is 1.69. The van der Waals surface area contributed by atoms with Gasteiger partial charge in [-0.25, -0.2) is 4.68 Å². The largest absolute Gasteiger partial charge is 0.351 e. The molecular weight excluding hydrogens is 232 g/mol. The average molecular weight is 252 g/mol. The lowest BCUT2D eigenvalue weighted by molar-refractivity contribution is -0.384. The van der Waals surface area contributed by atoms with Gasteiger partial charge >= 0.3 is 5.69 Å². The van der Waals surface area contributed by atoms with Crippen LogP contribution in [0.1, 0.15) is 37.8 Å². The third-order valence-electron chi connectivity index (χ3n) is 3.80. The van der Waals surface area contributed by atoms with Gasteiger partial charge in [0.05, 0.1) is 4.92 Å². The van der Waals surface area contributed by atoms with Crippen molar-refractivity contribution in [2.45, 2.75) is 45.1 Å². The summed E-state index contributed by atoms with van der Waals surface area (Å²) in [5, 5.41) is 15.4. The molecule has 1 saturated carbocycles. The molecule has 1 aliphatic carbocycles. The van der Waals surface area contributed by atoms with Crippen molar-refractivity contribution in [1.82, 2.24) is 9.78 Å². The summed E-state index contributed by atoms with van der Waals surface area (Å²) in [5.41, 5.74) is 0.630. The molecule has 1 aromatic heterocycles. The lowest BCUT2D eigenvalue weighted by Crippen LogP contribution is -2.35. The van der Waals surface area contributed by atoms with Crippen LogP contribution in [0.2, 0.25) is 0 Å². The quantitative estimate of drug-likeness (QED) is 0.612. The van der Waals surface area contributed by atoms with Crippen LogP contribution >= 0.6 is 0 Å². The Morgan fingerprint density at radius 3 is 2.56 bits per heavy atom. The fourth-order valence-corrected chi connectivity index (χ4v) is 2.89. The first-order valence-corrected chi connectivity index (χ1v) is 6.43. The molecule has 0 N–H and O–H groups in total. The molecule has 6 nitrogen and oxygen atoms in total. The van der Waals surface area contributed by atoms with Crippen LogP contribution in [-0.4, -0.2) is 27.8 Å². The Hall–Kier alpha value is -1.59. The van der Waals surface area contributed by atoms with Gasteiger partial charge in [0.15, 0.2) is 0 Å². The number of aromatic nitrogens is 2. The molecule has 18 heavy (non-hydrogen) atoms. The van der Waals surface area contributed by atoms with Crippen LogP contribution in [0.4, 0.5) is 11.5 Å². The zero-order chi connectivity index (χ0) is 13.3. The van der Waals surface area contributed by atoms with Crippen molar-refractivity contribution in [3.63, 3.8) is 0 Å². The van der Waals surface area contributed by atoms with Gasteiger partial charge in [0.2, 0.25) is 5.82 Å². The molecule has 0 spiro atoms. The molecule has 1 heterocycles.